The Balaban J connectivity index is 1.38. The molecule has 1 saturated heterocycles. The molecule has 2 aromatic carbocycles. The van der Waals surface area contributed by atoms with Crippen LogP contribution in [-0.2, 0) is 11.3 Å². The quantitative estimate of drug-likeness (QED) is 0.697. The highest BCUT2D eigenvalue weighted by Gasteiger charge is 2.20. The molecule has 7 nitrogen and oxygen atoms in total. The summed E-state index contributed by atoms with van der Waals surface area (Å²) < 4.78 is 5.54. The van der Waals surface area contributed by atoms with Gasteiger partial charge in [-0.2, -0.15) is 0 Å². The highest BCUT2D eigenvalue weighted by atomic mass is 16.5. The number of ether oxygens (including phenoxy) is 1. The van der Waals surface area contributed by atoms with E-state index in [1.165, 1.54) is 0 Å². The monoisotopic (exact) mass is 388 g/mol. The number of amides is 2. The third-order valence-electron chi connectivity index (χ3n) is 4.60. The molecule has 146 valence electrons. The molecule has 3 aromatic rings. The van der Waals surface area contributed by atoms with Crippen molar-refractivity contribution in [3.05, 3.63) is 78.1 Å². The summed E-state index contributed by atoms with van der Waals surface area (Å²) in [6.45, 7) is 1.31. The number of hydrogen-bond donors (Lipinski definition) is 1. The lowest BCUT2D eigenvalue weighted by Crippen LogP contribution is -2.24. The van der Waals surface area contributed by atoms with Gasteiger partial charge in [0.1, 0.15) is 5.75 Å². The standard InChI is InChI=1S/C22H20N4O3/c27-20-6-2-13-26(20)15-16-4-1-5-17(14-16)21(28)25-18-7-9-19(10-8-18)29-22-23-11-3-12-24-22/h1,3-5,7-12,14H,2,6,13,15H2,(H,25,28). The molecule has 7 heteroatoms. The summed E-state index contributed by atoms with van der Waals surface area (Å²) in [4.78, 5) is 34.2. The van der Waals surface area contributed by atoms with Crippen molar-refractivity contribution in [2.24, 2.45) is 0 Å². The van der Waals surface area contributed by atoms with E-state index >= 15 is 0 Å². The molecule has 0 atom stereocenters. The first kappa shape index (κ1) is 18.6. The Labute approximate surface area is 168 Å². The number of nitrogens with zero attached hydrogens (tertiary/aromatic N) is 3. The van der Waals surface area contributed by atoms with E-state index in [2.05, 4.69) is 15.3 Å². The van der Waals surface area contributed by atoms with Crippen LogP contribution in [0.2, 0.25) is 0 Å². The van der Waals surface area contributed by atoms with Crippen LogP contribution in [0.5, 0.6) is 11.8 Å². The van der Waals surface area contributed by atoms with Gasteiger partial charge in [0.2, 0.25) is 5.91 Å². The van der Waals surface area contributed by atoms with Gasteiger partial charge in [-0.3, -0.25) is 9.59 Å². The van der Waals surface area contributed by atoms with E-state index in [1.54, 1.807) is 48.8 Å². The van der Waals surface area contributed by atoms with Gasteiger partial charge in [-0.15, -0.1) is 0 Å². The zero-order chi connectivity index (χ0) is 20.1. The van der Waals surface area contributed by atoms with E-state index < -0.39 is 0 Å². The second kappa shape index (κ2) is 8.52. The fourth-order valence-corrected chi connectivity index (χ4v) is 3.16. The lowest BCUT2D eigenvalue weighted by molar-refractivity contribution is -0.128. The predicted molar refractivity (Wildman–Crippen MR) is 108 cm³/mol. The van der Waals surface area contributed by atoms with Crippen LogP contribution in [-0.4, -0.2) is 33.2 Å². The zero-order valence-electron chi connectivity index (χ0n) is 15.7. The first-order chi connectivity index (χ1) is 14.2. The number of carbonyl (C=O) groups is 2. The molecule has 4 rings (SSSR count). The van der Waals surface area contributed by atoms with Crippen molar-refractivity contribution >= 4 is 17.5 Å². The summed E-state index contributed by atoms with van der Waals surface area (Å²) in [6, 6.07) is 16.3. The Bertz CT molecular complexity index is 1010. The maximum Gasteiger partial charge on any atom is 0.321 e. The van der Waals surface area contributed by atoms with Gasteiger partial charge < -0.3 is 15.0 Å². The Morgan fingerprint density at radius 1 is 1.07 bits per heavy atom. The first-order valence-corrected chi connectivity index (χ1v) is 9.40. The Kier molecular flexibility index (Phi) is 5.47. The smallest absolute Gasteiger partial charge is 0.321 e. The summed E-state index contributed by atoms with van der Waals surface area (Å²) in [5, 5.41) is 2.87. The van der Waals surface area contributed by atoms with Crippen molar-refractivity contribution in [1.29, 1.82) is 0 Å². The highest BCUT2D eigenvalue weighted by Crippen LogP contribution is 2.21. The van der Waals surface area contributed by atoms with Crippen LogP contribution in [0, 0.1) is 0 Å². The van der Waals surface area contributed by atoms with Crippen molar-refractivity contribution in [2.75, 3.05) is 11.9 Å². The molecule has 1 N–H and O–H groups in total. The van der Waals surface area contributed by atoms with Gasteiger partial charge >= 0.3 is 6.01 Å². The molecule has 1 aliphatic heterocycles. The Morgan fingerprint density at radius 2 is 1.86 bits per heavy atom. The summed E-state index contributed by atoms with van der Waals surface area (Å²) in [5.41, 5.74) is 2.14. The Hall–Kier alpha value is -3.74. The molecule has 0 aliphatic carbocycles. The van der Waals surface area contributed by atoms with Crippen LogP contribution < -0.4 is 10.1 Å². The average molecular weight is 388 g/mol. The summed E-state index contributed by atoms with van der Waals surface area (Å²) >= 11 is 0. The van der Waals surface area contributed by atoms with E-state index in [-0.39, 0.29) is 17.8 Å². The van der Waals surface area contributed by atoms with Crippen molar-refractivity contribution in [2.45, 2.75) is 19.4 Å². The second-order valence-corrected chi connectivity index (χ2v) is 6.73. The third-order valence-corrected chi connectivity index (χ3v) is 4.60. The zero-order valence-corrected chi connectivity index (χ0v) is 15.7. The minimum atomic E-state index is -0.209. The van der Waals surface area contributed by atoms with Gasteiger partial charge in [0.25, 0.3) is 5.91 Å². The third kappa shape index (κ3) is 4.76. The first-order valence-electron chi connectivity index (χ1n) is 9.40. The number of anilines is 1. The van der Waals surface area contributed by atoms with Crippen LogP contribution in [0.4, 0.5) is 5.69 Å². The van der Waals surface area contributed by atoms with Crippen LogP contribution in [0.1, 0.15) is 28.8 Å². The topological polar surface area (TPSA) is 84.4 Å². The molecule has 1 aromatic heterocycles. The molecule has 0 saturated carbocycles. The molecule has 0 spiro atoms. The fourth-order valence-electron chi connectivity index (χ4n) is 3.16. The number of hydrogen-bond acceptors (Lipinski definition) is 5. The molecule has 1 fully saturated rings. The number of nitrogens with one attached hydrogen (secondary N) is 1. The van der Waals surface area contributed by atoms with E-state index in [0.29, 0.717) is 30.0 Å². The van der Waals surface area contributed by atoms with Crippen molar-refractivity contribution in [3.63, 3.8) is 0 Å². The molecule has 29 heavy (non-hydrogen) atoms. The summed E-state index contributed by atoms with van der Waals surface area (Å²) in [7, 11) is 0. The fraction of sp³-hybridized carbons (Fsp3) is 0.182. The van der Waals surface area contributed by atoms with Crippen LogP contribution in [0.3, 0.4) is 0 Å². The normalized spacial score (nSPS) is 13.4. The highest BCUT2D eigenvalue weighted by molar-refractivity contribution is 6.04. The van der Waals surface area contributed by atoms with Gasteiger partial charge in [-0.25, -0.2) is 9.97 Å². The minimum Gasteiger partial charge on any atom is -0.424 e. The molecular weight excluding hydrogens is 368 g/mol. The van der Waals surface area contributed by atoms with Gasteiger partial charge in [0.05, 0.1) is 0 Å². The van der Waals surface area contributed by atoms with E-state index in [1.807, 2.05) is 23.1 Å². The molecule has 0 bridgehead atoms. The van der Waals surface area contributed by atoms with Gasteiger partial charge in [-0.05, 0) is 54.4 Å². The van der Waals surface area contributed by atoms with Crippen LogP contribution in [0.15, 0.2) is 67.0 Å². The molecule has 2 heterocycles. The molecule has 1 aliphatic rings. The molecule has 0 unspecified atom stereocenters. The van der Waals surface area contributed by atoms with Crippen molar-refractivity contribution < 1.29 is 14.3 Å². The maximum absolute atomic E-state index is 12.6. The summed E-state index contributed by atoms with van der Waals surface area (Å²) in [5.74, 6) is 0.536. The number of aromatic nitrogens is 2. The number of rotatable bonds is 6. The average Bonchev–Trinajstić information content (AvgIpc) is 3.15. The number of likely N-dealkylation sites (tertiary alicyclic amines) is 1. The summed E-state index contributed by atoms with van der Waals surface area (Å²) in [6.07, 6.45) is 4.71. The van der Waals surface area contributed by atoms with E-state index in [9.17, 15) is 9.59 Å². The van der Waals surface area contributed by atoms with Crippen LogP contribution >= 0.6 is 0 Å². The van der Waals surface area contributed by atoms with E-state index in [0.717, 1.165) is 18.5 Å². The Morgan fingerprint density at radius 3 is 2.59 bits per heavy atom. The molecule has 0 radical (unpaired) electrons. The molecule has 2 amide bonds. The van der Waals surface area contributed by atoms with E-state index in [4.69, 9.17) is 4.74 Å². The lowest BCUT2D eigenvalue weighted by atomic mass is 10.1. The number of benzene rings is 2. The predicted octanol–water partition coefficient (Wildman–Crippen LogP) is 3.64. The van der Waals surface area contributed by atoms with Gasteiger partial charge in [0.15, 0.2) is 0 Å². The van der Waals surface area contributed by atoms with Gasteiger partial charge in [-0.1, -0.05) is 12.1 Å². The SMILES string of the molecule is O=C(Nc1ccc(Oc2ncccn2)cc1)c1cccc(CN2CCCC2=O)c1. The minimum absolute atomic E-state index is 0.170. The second-order valence-electron chi connectivity index (χ2n) is 6.73. The lowest BCUT2D eigenvalue weighted by Gasteiger charge is -2.16. The molecular formula is C22H20N4O3. The largest absolute Gasteiger partial charge is 0.424 e. The van der Waals surface area contributed by atoms with Crippen molar-refractivity contribution in [3.8, 4) is 11.8 Å². The van der Waals surface area contributed by atoms with Crippen LogP contribution in [0.25, 0.3) is 0 Å². The van der Waals surface area contributed by atoms with Gasteiger partial charge in [0, 0.05) is 43.2 Å². The van der Waals surface area contributed by atoms with Crippen molar-refractivity contribution in [1.82, 2.24) is 14.9 Å². The maximum atomic E-state index is 12.6. The number of carbonyl (C=O) groups excluding carboxylic acids is 2.